The lowest BCUT2D eigenvalue weighted by atomic mass is 10.2. The minimum Gasteiger partial charge on any atom is -0.379 e. The Hall–Kier alpha value is -1.65. The second kappa shape index (κ2) is 11.9. The summed E-state index contributed by atoms with van der Waals surface area (Å²) < 4.78 is 7.33. The molecule has 1 aromatic heterocycles. The van der Waals surface area contributed by atoms with Crippen molar-refractivity contribution in [3.63, 3.8) is 0 Å². The molecular formula is C19H29IN6O. The van der Waals surface area contributed by atoms with E-state index in [1.165, 1.54) is 5.56 Å². The first-order valence-corrected chi connectivity index (χ1v) is 9.13. The van der Waals surface area contributed by atoms with E-state index in [4.69, 9.17) is 4.74 Å². The number of hydrogen-bond donors (Lipinski definition) is 2. The van der Waals surface area contributed by atoms with Crippen molar-refractivity contribution in [2.75, 3.05) is 46.4 Å². The third kappa shape index (κ3) is 7.47. The van der Waals surface area contributed by atoms with E-state index in [-0.39, 0.29) is 24.0 Å². The Morgan fingerprint density at radius 2 is 1.93 bits per heavy atom. The van der Waals surface area contributed by atoms with Crippen LogP contribution in [0, 0.1) is 0 Å². The maximum atomic E-state index is 5.37. The maximum Gasteiger partial charge on any atom is 0.191 e. The molecule has 0 bridgehead atoms. The van der Waals surface area contributed by atoms with Gasteiger partial charge >= 0.3 is 0 Å². The number of aromatic nitrogens is 2. The van der Waals surface area contributed by atoms with Gasteiger partial charge in [-0.05, 0) is 5.56 Å². The van der Waals surface area contributed by atoms with Crippen molar-refractivity contribution >= 4 is 29.9 Å². The number of rotatable bonds is 7. The lowest BCUT2D eigenvalue weighted by molar-refractivity contribution is 0.0389. The molecule has 0 spiro atoms. The molecule has 0 amide bonds. The van der Waals surface area contributed by atoms with Crippen molar-refractivity contribution in [3.8, 4) is 0 Å². The van der Waals surface area contributed by atoms with Crippen molar-refractivity contribution in [2.45, 2.75) is 13.1 Å². The summed E-state index contributed by atoms with van der Waals surface area (Å²) in [5.74, 6) is 0.814. The normalized spacial score (nSPS) is 15.2. The fraction of sp³-hybridized carbons (Fsp3) is 0.474. The Balaban J connectivity index is 0.00000261. The molecule has 0 atom stereocenters. The number of morpholine rings is 1. The Kier molecular flexibility index (Phi) is 9.57. The lowest BCUT2D eigenvalue weighted by Gasteiger charge is -2.26. The molecule has 2 heterocycles. The van der Waals surface area contributed by atoms with Gasteiger partial charge in [0.2, 0.25) is 0 Å². The number of aliphatic imine (C=N–C) groups is 1. The summed E-state index contributed by atoms with van der Waals surface area (Å²) in [6, 6.07) is 10.3. The summed E-state index contributed by atoms with van der Waals surface area (Å²) in [5.41, 5.74) is 2.38. The zero-order valence-electron chi connectivity index (χ0n) is 15.8. The molecule has 2 N–H and O–H groups in total. The largest absolute Gasteiger partial charge is 0.379 e. The van der Waals surface area contributed by atoms with E-state index in [1.54, 1.807) is 7.05 Å². The zero-order valence-corrected chi connectivity index (χ0v) is 18.1. The number of ether oxygens (including phenoxy) is 1. The highest BCUT2D eigenvalue weighted by Crippen LogP contribution is 2.04. The second-order valence-corrected chi connectivity index (χ2v) is 6.34. The predicted molar refractivity (Wildman–Crippen MR) is 119 cm³/mol. The average Bonchev–Trinajstić information content (AvgIpc) is 3.13. The van der Waals surface area contributed by atoms with Crippen molar-refractivity contribution in [3.05, 3.63) is 53.9 Å². The summed E-state index contributed by atoms with van der Waals surface area (Å²) in [7, 11) is 1.79. The van der Waals surface area contributed by atoms with Crippen LogP contribution in [-0.2, 0) is 17.8 Å². The average molecular weight is 484 g/mol. The SMILES string of the molecule is CN=C(NCCN1CCOCC1)NCc1cnn(Cc2ccccc2)c1.I. The molecule has 0 saturated carbocycles. The van der Waals surface area contributed by atoms with Gasteiger partial charge in [-0.2, -0.15) is 5.10 Å². The molecule has 8 heteroatoms. The third-order valence-electron chi connectivity index (χ3n) is 4.38. The van der Waals surface area contributed by atoms with E-state index < -0.39 is 0 Å². The van der Waals surface area contributed by atoms with Crippen molar-refractivity contribution in [1.82, 2.24) is 25.3 Å². The van der Waals surface area contributed by atoms with Crippen LogP contribution in [0.5, 0.6) is 0 Å². The highest BCUT2D eigenvalue weighted by Gasteiger charge is 2.09. The smallest absolute Gasteiger partial charge is 0.191 e. The molecule has 0 aliphatic carbocycles. The van der Waals surface area contributed by atoms with Gasteiger partial charge in [-0.3, -0.25) is 14.6 Å². The summed E-state index contributed by atoms with van der Waals surface area (Å²) in [6.45, 7) is 7.04. The highest BCUT2D eigenvalue weighted by molar-refractivity contribution is 14.0. The third-order valence-corrected chi connectivity index (χ3v) is 4.38. The fourth-order valence-electron chi connectivity index (χ4n) is 2.92. The molecule has 2 aromatic rings. The maximum absolute atomic E-state index is 5.37. The van der Waals surface area contributed by atoms with Gasteiger partial charge in [0.15, 0.2) is 5.96 Å². The van der Waals surface area contributed by atoms with Gasteiger partial charge in [-0.1, -0.05) is 30.3 Å². The molecule has 1 aromatic carbocycles. The minimum absolute atomic E-state index is 0. The fourth-order valence-corrected chi connectivity index (χ4v) is 2.92. The molecule has 1 fully saturated rings. The van der Waals surface area contributed by atoms with Gasteiger partial charge in [-0.25, -0.2) is 0 Å². The van der Waals surface area contributed by atoms with Gasteiger partial charge in [0.1, 0.15) is 0 Å². The van der Waals surface area contributed by atoms with Crippen LogP contribution in [0.2, 0.25) is 0 Å². The molecule has 3 rings (SSSR count). The topological polar surface area (TPSA) is 66.7 Å². The van der Waals surface area contributed by atoms with E-state index in [0.29, 0.717) is 6.54 Å². The van der Waals surface area contributed by atoms with Gasteiger partial charge in [0.05, 0.1) is 26.0 Å². The lowest BCUT2D eigenvalue weighted by Crippen LogP contribution is -2.44. The molecule has 148 valence electrons. The first-order valence-electron chi connectivity index (χ1n) is 9.13. The first kappa shape index (κ1) is 21.6. The van der Waals surface area contributed by atoms with Gasteiger partial charge in [-0.15, -0.1) is 24.0 Å². The molecular weight excluding hydrogens is 455 g/mol. The monoisotopic (exact) mass is 484 g/mol. The van der Waals surface area contributed by atoms with E-state index >= 15 is 0 Å². The zero-order chi connectivity index (χ0) is 18.0. The number of nitrogens with one attached hydrogen (secondary N) is 2. The minimum atomic E-state index is 0. The van der Waals surface area contributed by atoms with Crippen LogP contribution in [0.4, 0.5) is 0 Å². The number of hydrogen-bond acceptors (Lipinski definition) is 4. The van der Waals surface area contributed by atoms with Crippen LogP contribution >= 0.6 is 24.0 Å². The molecule has 0 radical (unpaired) electrons. The van der Waals surface area contributed by atoms with Crippen LogP contribution < -0.4 is 10.6 Å². The van der Waals surface area contributed by atoms with Gasteiger partial charge in [0, 0.05) is 51.5 Å². The Morgan fingerprint density at radius 3 is 2.67 bits per heavy atom. The predicted octanol–water partition coefficient (Wildman–Crippen LogP) is 1.55. The Labute approximate surface area is 178 Å². The molecule has 0 unspecified atom stereocenters. The Morgan fingerprint density at radius 1 is 1.15 bits per heavy atom. The molecule has 7 nitrogen and oxygen atoms in total. The van der Waals surface area contributed by atoms with Crippen molar-refractivity contribution < 1.29 is 4.74 Å². The van der Waals surface area contributed by atoms with Gasteiger partial charge in [0.25, 0.3) is 0 Å². The number of guanidine groups is 1. The second-order valence-electron chi connectivity index (χ2n) is 6.34. The van der Waals surface area contributed by atoms with Crippen LogP contribution in [0.15, 0.2) is 47.7 Å². The molecule has 1 aliphatic heterocycles. The van der Waals surface area contributed by atoms with Gasteiger partial charge < -0.3 is 15.4 Å². The van der Waals surface area contributed by atoms with E-state index in [2.05, 4.69) is 44.0 Å². The van der Waals surface area contributed by atoms with Crippen LogP contribution in [0.1, 0.15) is 11.1 Å². The molecule has 1 aliphatic rings. The van der Waals surface area contributed by atoms with E-state index in [1.807, 2.05) is 29.1 Å². The van der Waals surface area contributed by atoms with Crippen LogP contribution in [0.3, 0.4) is 0 Å². The molecule has 1 saturated heterocycles. The molecule has 27 heavy (non-hydrogen) atoms. The van der Waals surface area contributed by atoms with E-state index in [9.17, 15) is 0 Å². The highest BCUT2D eigenvalue weighted by atomic mass is 127. The quantitative estimate of drug-likeness (QED) is 0.355. The summed E-state index contributed by atoms with van der Waals surface area (Å²) in [6.07, 6.45) is 3.97. The van der Waals surface area contributed by atoms with Crippen molar-refractivity contribution in [1.29, 1.82) is 0 Å². The summed E-state index contributed by atoms with van der Waals surface area (Å²) in [5, 5.41) is 11.1. The number of nitrogens with zero attached hydrogens (tertiary/aromatic N) is 4. The van der Waals surface area contributed by atoms with E-state index in [0.717, 1.165) is 57.5 Å². The number of benzene rings is 1. The van der Waals surface area contributed by atoms with Crippen LogP contribution in [0.25, 0.3) is 0 Å². The van der Waals surface area contributed by atoms with Crippen molar-refractivity contribution in [2.24, 2.45) is 4.99 Å². The summed E-state index contributed by atoms with van der Waals surface area (Å²) in [4.78, 5) is 6.68. The van der Waals surface area contributed by atoms with Crippen LogP contribution in [-0.4, -0.2) is 67.1 Å². The Bertz CT molecular complexity index is 685. The number of halogens is 1. The summed E-state index contributed by atoms with van der Waals surface area (Å²) >= 11 is 0. The standard InChI is InChI=1S/C19H28N6O.HI/c1-20-19(21-7-8-24-9-11-26-12-10-24)22-13-18-14-23-25(16-18)15-17-5-3-2-4-6-17;/h2-6,14,16H,7-13,15H2,1H3,(H2,20,21,22);1H. The first-order chi connectivity index (χ1) is 12.8.